The Balaban J connectivity index is 1.68. The van der Waals surface area contributed by atoms with Crippen LogP contribution >= 0.6 is 0 Å². The van der Waals surface area contributed by atoms with Crippen LogP contribution in [0.1, 0.15) is 43.4 Å². The number of benzene rings is 6. The van der Waals surface area contributed by atoms with E-state index in [4.69, 9.17) is 0 Å². The maximum absolute atomic E-state index is 2.43. The van der Waals surface area contributed by atoms with Crippen molar-refractivity contribution >= 4 is 21.5 Å². The maximum Gasteiger partial charge on any atom is -0.000741 e. The van der Waals surface area contributed by atoms with E-state index in [0.29, 0.717) is 0 Å². The van der Waals surface area contributed by atoms with Gasteiger partial charge in [-0.05, 0) is 103 Å². The van der Waals surface area contributed by atoms with Crippen molar-refractivity contribution in [2.45, 2.75) is 46.5 Å². The van der Waals surface area contributed by atoms with Crippen molar-refractivity contribution in [3.8, 4) is 44.5 Å². The normalized spacial score (nSPS) is 11.9. The monoisotopic (exact) mass is 502 g/mol. The summed E-state index contributed by atoms with van der Waals surface area (Å²) >= 11 is 0. The van der Waals surface area contributed by atoms with Crippen molar-refractivity contribution in [2.24, 2.45) is 0 Å². The van der Waals surface area contributed by atoms with Crippen LogP contribution in [-0.2, 0) is 12.8 Å². The third-order valence-electron chi connectivity index (χ3n) is 8.52. The predicted molar refractivity (Wildman–Crippen MR) is 169 cm³/mol. The van der Waals surface area contributed by atoms with Gasteiger partial charge in [-0.15, -0.1) is 0 Å². The number of hydrogen-bond acceptors (Lipinski definition) is 0. The molecule has 0 aliphatic heterocycles. The van der Waals surface area contributed by atoms with Gasteiger partial charge in [0.25, 0.3) is 0 Å². The molecule has 0 aromatic heterocycles. The molecule has 1 aliphatic rings. The van der Waals surface area contributed by atoms with Crippen LogP contribution in [0.5, 0.6) is 0 Å². The average Bonchev–Trinajstić information content (AvgIpc) is 3.29. The fraction of sp³-hybridized carbons (Fsp3) is 0.179. The predicted octanol–water partition coefficient (Wildman–Crippen LogP) is 11.2. The van der Waals surface area contributed by atoms with Gasteiger partial charge in [0.15, 0.2) is 0 Å². The van der Waals surface area contributed by atoms with Gasteiger partial charge in [-0.1, -0.05) is 130 Å². The van der Waals surface area contributed by atoms with Gasteiger partial charge in [-0.2, -0.15) is 0 Å². The van der Waals surface area contributed by atoms with Crippen LogP contribution in [0.3, 0.4) is 0 Å². The van der Waals surface area contributed by atoms with Gasteiger partial charge in [0.2, 0.25) is 0 Å². The summed E-state index contributed by atoms with van der Waals surface area (Å²) in [6.45, 7) is 6.77. The van der Waals surface area contributed by atoms with Crippen molar-refractivity contribution in [2.75, 3.05) is 0 Å². The standard InChI is InChI=1S/C39H34/c1-4-11-26-13-8-15-28(23-26)35-31-17-6-7-18-32(31)36(29-16-9-14-27(24-29)12-5-2)39-34-22-21-25(3)30-19-10-20-33(37(30)34)38(35)39/h6-10,13-24H,4-5,11-12H2,1-3H3. The Morgan fingerprint density at radius 1 is 0.462 bits per heavy atom. The van der Waals surface area contributed by atoms with Gasteiger partial charge in [-0.3, -0.25) is 0 Å². The minimum atomic E-state index is 1.10. The third-order valence-corrected chi connectivity index (χ3v) is 8.52. The molecule has 0 N–H and O–H groups in total. The first-order valence-electron chi connectivity index (χ1n) is 14.5. The molecule has 0 unspecified atom stereocenters. The highest BCUT2D eigenvalue weighted by molar-refractivity contribution is 6.27. The first-order chi connectivity index (χ1) is 19.2. The Morgan fingerprint density at radius 3 is 1.54 bits per heavy atom. The molecule has 39 heavy (non-hydrogen) atoms. The number of hydrogen-bond donors (Lipinski definition) is 0. The van der Waals surface area contributed by atoms with Gasteiger partial charge in [0, 0.05) is 0 Å². The van der Waals surface area contributed by atoms with Crippen LogP contribution in [0.4, 0.5) is 0 Å². The minimum Gasteiger partial charge on any atom is -0.0651 e. The largest absolute Gasteiger partial charge is 0.0651 e. The van der Waals surface area contributed by atoms with E-state index in [2.05, 4.69) is 124 Å². The van der Waals surface area contributed by atoms with Crippen LogP contribution in [-0.4, -0.2) is 0 Å². The van der Waals surface area contributed by atoms with Crippen LogP contribution in [0, 0.1) is 6.92 Å². The Kier molecular flexibility index (Phi) is 5.85. The zero-order chi connectivity index (χ0) is 26.5. The molecule has 0 radical (unpaired) electrons. The van der Waals surface area contributed by atoms with Gasteiger partial charge < -0.3 is 0 Å². The second-order valence-corrected chi connectivity index (χ2v) is 11.1. The highest BCUT2D eigenvalue weighted by Crippen LogP contribution is 2.57. The number of fused-ring (bicyclic) bond motifs is 4. The molecule has 0 fully saturated rings. The molecule has 190 valence electrons. The second kappa shape index (κ2) is 9.54. The highest BCUT2D eigenvalue weighted by Gasteiger charge is 2.30. The lowest BCUT2D eigenvalue weighted by Gasteiger charge is -2.21. The molecular formula is C39H34. The quantitative estimate of drug-likeness (QED) is 0.212. The number of rotatable bonds is 6. The molecule has 0 spiro atoms. The van der Waals surface area contributed by atoms with E-state index in [9.17, 15) is 0 Å². The fourth-order valence-corrected chi connectivity index (χ4v) is 6.89. The number of aryl methyl sites for hydroxylation is 3. The molecular weight excluding hydrogens is 468 g/mol. The van der Waals surface area contributed by atoms with Gasteiger partial charge in [0.05, 0.1) is 0 Å². The smallest absolute Gasteiger partial charge is 0.000741 e. The van der Waals surface area contributed by atoms with Crippen LogP contribution in [0.25, 0.3) is 66.1 Å². The Bertz CT molecular complexity index is 1780. The summed E-state index contributed by atoms with van der Waals surface area (Å²) in [5, 5.41) is 5.44. The van der Waals surface area contributed by atoms with Crippen molar-refractivity contribution in [3.63, 3.8) is 0 Å². The van der Waals surface area contributed by atoms with Crippen molar-refractivity contribution in [1.82, 2.24) is 0 Å². The summed E-state index contributed by atoms with van der Waals surface area (Å²) in [6, 6.07) is 39.2. The van der Waals surface area contributed by atoms with Crippen molar-refractivity contribution in [1.29, 1.82) is 0 Å². The van der Waals surface area contributed by atoms with Crippen molar-refractivity contribution < 1.29 is 0 Å². The third kappa shape index (κ3) is 3.73. The fourth-order valence-electron chi connectivity index (χ4n) is 6.89. The summed E-state index contributed by atoms with van der Waals surface area (Å²) < 4.78 is 0. The molecule has 0 bridgehead atoms. The minimum absolute atomic E-state index is 1.10. The Hall–Kier alpha value is -4.16. The van der Waals surface area contributed by atoms with E-state index in [0.717, 1.165) is 25.7 Å². The van der Waals surface area contributed by atoms with Crippen LogP contribution in [0.15, 0.2) is 103 Å². The Morgan fingerprint density at radius 2 is 0.974 bits per heavy atom. The molecule has 0 nitrogen and oxygen atoms in total. The molecule has 6 aromatic rings. The lowest BCUT2D eigenvalue weighted by atomic mass is 9.82. The van der Waals surface area contributed by atoms with Gasteiger partial charge >= 0.3 is 0 Å². The molecule has 0 amide bonds. The van der Waals surface area contributed by atoms with Crippen molar-refractivity contribution in [3.05, 3.63) is 120 Å². The molecule has 0 saturated heterocycles. The zero-order valence-electron chi connectivity index (χ0n) is 23.1. The second-order valence-electron chi connectivity index (χ2n) is 11.1. The first kappa shape index (κ1) is 23.9. The maximum atomic E-state index is 2.43. The topological polar surface area (TPSA) is 0 Å². The van der Waals surface area contributed by atoms with Gasteiger partial charge in [-0.25, -0.2) is 0 Å². The average molecular weight is 503 g/mol. The SMILES string of the molecule is CCCc1cccc(-c2c3c(c(-c4cccc(CCC)c4)c4ccccc24)-c2ccc(C)c4cccc-3c24)c1. The lowest BCUT2D eigenvalue weighted by Crippen LogP contribution is -1.95. The molecule has 7 rings (SSSR count). The summed E-state index contributed by atoms with van der Waals surface area (Å²) in [7, 11) is 0. The Labute approximate surface area is 232 Å². The van der Waals surface area contributed by atoms with E-state index in [1.165, 1.54) is 82.7 Å². The summed E-state index contributed by atoms with van der Waals surface area (Å²) in [4.78, 5) is 0. The molecule has 0 heterocycles. The van der Waals surface area contributed by atoms with E-state index in [-0.39, 0.29) is 0 Å². The molecule has 0 saturated carbocycles. The molecule has 0 atom stereocenters. The lowest BCUT2D eigenvalue weighted by molar-refractivity contribution is 0.922. The summed E-state index contributed by atoms with van der Waals surface area (Å²) in [5.41, 5.74) is 15.1. The summed E-state index contributed by atoms with van der Waals surface area (Å²) in [5.74, 6) is 0. The van der Waals surface area contributed by atoms with Crippen LogP contribution < -0.4 is 0 Å². The van der Waals surface area contributed by atoms with E-state index in [1.54, 1.807) is 0 Å². The van der Waals surface area contributed by atoms with E-state index >= 15 is 0 Å². The molecule has 1 aliphatic carbocycles. The molecule has 6 aromatic carbocycles. The van der Waals surface area contributed by atoms with E-state index < -0.39 is 0 Å². The highest BCUT2D eigenvalue weighted by atomic mass is 14.3. The van der Waals surface area contributed by atoms with Crippen LogP contribution in [0.2, 0.25) is 0 Å². The van der Waals surface area contributed by atoms with Gasteiger partial charge in [0.1, 0.15) is 0 Å². The first-order valence-corrected chi connectivity index (χ1v) is 14.5. The molecule has 0 heteroatoms. The zero-order valence-corrected chi connectivity index (χ0v) is 23.1. The summed E-state index contributed by atoms with van der Waals surface area (Å²) in [6.07, 6.45) is 4.51. The van der Waals surface area contributed by atoms with E-state index in [1.807, 2.05) is 0 Å².